The fraction of sp³-hybridized carbons (Fsp3) is 0.308. The van der Waals surface area contributed by atoms with Crippen LogP contribution in [0.25, 0.3) is 10.1 Å². The molecule has 0 spiro atoms. The van der Waals surface area contributed by atoms with Crippen molar-refractivity contribution in [3.8, 4) is 0 Å². The average Bonchev–Trinajstić information content (AvgIpc) is 2.77. The first kappa shape index (κ1) is 15.2. The second-order valence-electron chi connectivity index (χ2n) is 4.27. The second kappa shape index (κ2) is 6.53. The van der Waals surface area contributed by atoms with E-state index >= 15 is 0 Å². The van der Waals surface area contributed by atoms with Gasteiger partial charge in [0.2, 0.25) is 0 Å². The van der Waals surface area contributed by atoms with Crippen LogP contribution in [0.4, 0.5) is 5.69 Å². The first-order valence-corrected chi connectivity index (χ1v) is 7.56. The standard InChI is InChI=1S/C13H15BrN2O3S/c1-19-6-7(5-17)16-13(18)12-11(15)10-8(14)3-2-4-9(10)20-12/h2-4,7,17H,5-6,15H2,1H3,(H,16,18). The molecule has 2 aromatic rings. The molecule has 0 saturated carbocycles. The largest absolute Gasteiger partial charge is 0.397 e. The first-order valence-electron chi connectivity index (χ1n) is 5.95. The lowest BCUT2D eigenvalue weighted by molar-refractivity contribution is 0.0844. The molecule has 0 radical (unpaired) electrons. The molecule has 0 aliphatic rings. The van der Waals surface area contributed by atoms with Crippen LogP contribution in [-0.2, 0) is 4.74 Å². The number of aliphatic hydroxyl groups is 1. The lowest BCUT2D eigenvalue weighted by Crippen LogP contribution is -2.40. The van der Waals surface area contributed by atoms with Crippen LogP contribution >= 0.6 is 27.3 Å². The maximum absolute atomic E-state index is 12.2. The number of anilines is 1. The molecule has 1 aromatic carbocycles. The number of hydrogen-bond donors (Lipinski definition) is 3. The number of carbonyl (C=O) groups excluding carboxylic acids is 1. The Morgan fingerprint density at radius 3 is 2.95 bits per heavy atom. The molecule has 1 heterocycles. The van der Waals surface area contributed by atoms with Crippen molar-refractivity contribution in [1.82, 2.24) is 5.32 Å². The molecule has 0 aliphatic heterocycles. The molecular weight excluding hydrogens is 344 g/mol. The van der Waals surface area contributed by atoms with E-state index in [1.54, 1.807) is 0 Å². The van der Waals surface area contributed by atoms with Crippen molar-refractivity contribution in [1.29, 1.82) is 0 Å². The molecular formula is C13H15BrN2O3S. The summed E-state index contributed by atoms with van der Waals surface area (Å²) in [6.45, 7) is 0.0603. The lowest BCUT2D eigenvalue weighted by atomic mass is 10.2. The van der Waals surface area contributed by atoms with Gasteiger partial charge in [0.05, 0.1) is 24.9 Å². The van der Waals surface area contributed by atoms with E-state index in [0.29, 0.717) is 10.6 Å². The average molecular weight is 359 g/mol. The Labute approximate surface area is 128 Å². The van der Waals surface area contributed by atoms with Gasteiger partial charge >= 0.3 is 0 Å². The van der Waals surface area contributed by atoms with Gasteiger partial charge in [-0.25, -0.2) is 0 Å². The lowest BCUT2D eigenvalue weighted by Gasteiger charge is -2.14. The SMILES string of the molecule is COCC(CO)NC(=O)c1sc2cccc(Br)c2c1N. The van der Waals surface area contributed by atoms with E-state index in [0.717, 1.165) is 14.6 Å². The summed E-state index contributed by atoms with van der Waals surface area (Å²) < 4.78 is 6.73. The zero-order valence-corrected chi connectivity index (χ0v) is 13.3. The molecule has 0 saturated heterocycles. The number of thiophene rings is 1. The number of halogens is 1. The van der Waals surface area contributed by atoms with Gasteiger partial charge in [0.1, 0.15) is 4.88 Å². The normalized spacial score (nSPS) is 12.6. The van der Waals surface area contributed by atoms with E-state index < -0.39 is 6.04 Å². The summed E-state index contributed by atoms with van der Waals surface area (Å²) in [6.07, 6.45) is 0. The Bertz CT molecular complexity index is 629. The van der Waals surface area contributed by atoms with Crippen LogP contribution in [0.1, 0.15) is 9.67 Å². The summed E-state index contributed by atoms with van der Waals surface area (Å²) in [5, 5.41) is 12.7. The second-order valence-corrected chi connectivity index (χ2v) is 6.17. The van der Waals surface area contributed by atoms with E-state index in [2.05, 4.69) is 21.2 Å². The molecule has 20 heavy (non-hydrogen) atoms. The summed E-state index contributed by atoms with van der Waals surface area (Å²) in [7, 11) is 1.51. The van der Waals surface area contributed by atoms with Crippen molar-refractivity contribution >= 4 is 48.9 Å². The van der Waals surface area contributed by atoms with Gasteiger partial charge in [-0.2, -0.15) is 0 Å². The number of nitrogens with one attached hydrogen (secondary N) is 1. The molecule has 1 amide bonds. The van der Waals surface area contributed by atoms with E-state index in [9.17, 15) is 9.90 Å². The van der Waals surface area contributed by atoms with E-state index in [1.807, 2.05) is 18.2 Å². The van der Waals surface area contributed by atoms with Crippen LogP contribution in [0.2, 0.25) is 0 Å². The van der Waals surface area contributed by atoms with Gasteiger partial charge in [-0.1, -0.05) is 22.0 Å². The van der Waals surface area contributed by atoms with Gasteiger partial charge < -0.3 is 20.9 Å². The maximum atomic E-state index is 12.2. The number of fused-ring (bicyclic) bond motifs is 1. The third kappa shape index (κ3) is 2.95. The number of ether oxygens (including phenoxy) is 1. The molecule has 0 fully saturated rings. The van der Waals surface area contributed by atoms with Crippen LogP contribution in [0, 0.1) is 0 Å². The highest BCUT2D eigenvalue weighted by atomic mass is 79.9. The van der Waals surface area contributed by atoms with Crippen molar-refractivity contribution < 1.29 is 14.6 Å². The van der Waals surface area contributed by atoms with Gasteiger partial charge in [0.15, 0.2) is 0 Å². The zero-order chi connectivity index (χ0) is 14.7. The maximum Gasteiger partial charge on any atom is 0.263 e. The summed E-state index contributed by atoms with van der Waals surface area (Å²) in [5.41, 5.74) is 6.51. The fourth-order valence-corrected chi connectivity index (χ4v) is 3.65. The number of nitrogen functional groups attached to an aromatic ring is 1. The smallest absolute Gasteiger partial charge is 0.263 e. The van der Waals surface area contributed by atoms with Crippen molar-refractivity contribution in [2.24, 2.45) is 0 Å². The van der Waals surface area contributed by atoms with Gasteiger partial charge in [-0.3, -0.25) is 4.79 Å². The Hall–Kier alpha value is -1.15. The summed E-state index contributed by atoms with van der Waals surface area (Å²) >= 11 is 4.76. The number of nitrogens with two attached hydrogens (primary N) is 1. The summed E-state index contributed by atoms with van der Waals surface area (Å²) in [6, 6.07) is 5.25. The highest BCUT2D eigenvalue weighted by molar-refractivity contribution is 9.10. The van der Waals surface area contributed by atoms with Crippen molar-refractivity contribution in [2.45, 2.75) is 6.04 Å². The number of rotatable bonds is 5. The summed E-state index contributed by atoms with van der Waals surface area (Å²) in [4.78, 5) is 12.7. The molecule has 7 heteroatoms. The highest BCUT2D eigenvalue weighted by Crippen LogP contribution is 2.38. The van der Waals surface area contributed by atoms with E-state index in [1.165, 1.54) is 18.4 Å². The van der Waals surface area contributed by atoms with E-state index in [-0.39, 0.29) is 19.1 Å². The molecule has 0 aliphatic carbocycles. The number of amides is 1. The molecule has 2 rings (SSSR count). The molecule has 4 N–H and O–H groups in total. The molecule has 1 unspecified atom stereocenters. The Morgan fingerprint density at radius 2 is 2.35 bits per heavy atom. The van der Waals surface area contributed by atoms with Crippen LogP contribution in [0.15, 0.2) is 22.7 Å². The monoisotopic (exact) mass is 358 g/mol. The third-order valence-electron chi connectivity index (χ3n) is 2.83. The van der Waals surface area contributed by atoms with Gasteiger partial charge in [-0.15, -0.1) is 11.3 Å². The predicted molar refractivity (Wildman–Crippen MR) is 84.2 cm³/mol. The van der Waals surface area contributed by atoms with E-state index in [4.69, 9.17) is 10.5 Å². The number of benzene rings is 1. The quantitative estimate of drug-likeness (QED) is 0.762. The van der Waals surface area contributed by atoms with Crippen LogP contribution < -0.4 is 11.1 Å². The van der Waals surface area contributed by atoms with Gasteiger partial charge in [0.25, 0.3) is 5.91 Å². The number of carbonyl (C=O) groups is 1. The molecule has 108 valence electrons. The number of methoxy groups -OCH3 is 1. The Morgan fingerprint density at radius 1 is 1.60 bits per heavy atom. The zero-order valence-electron chi connectivity index (χ0n) is 10.9. The fourth-order valence-electron chi connectivity index (χ4n) is 1.89. The molecule has 1 aromatic heterocycles. The molecule has 1 atom stereocenters. The summed E-state index contributed by atoms with van der Waals surface area (Å²) in [5.74, 6) is -0.299. The minimum Gasteiger partial charge on any atom is -0.397 e. The minimum absolute atomic E-state index is 0.186. The van der Waals surface area contributed by atoms with Crippen LogP contribution in [0.5, 0.6) is 0 Å². The highest BCUT2D eigenvalue weighted by Gasteiger charge is 2.20. The van der Waals surface area contributed by atoms with Crippen LogP contribution in [0.3, 0.4) is 0 Å². The Kier molecular flexibility index (Phi) is 4.98. The topological polar surface area (TPSA) is 84.6 Å². The van der Waals surface area contributed by atoms with Crippen LogP contribution in [-0.4, -0.2) is 37.4 Å². The molecule has 0 bridgehead atoms. The van der Waals surface area contributed by atoms with Gasteiger partial charge in [0, 0.05) is 21.7 Å². The third-order valence-corrected chi connectivity index (χ3v) is 4.66. The number of hydrogen-bond acceptors (Lipinski definition) is 5. The Balaban J connectivity index is 2.31. The van der Waals surface area contributed by atoms with Crippen molar-refractivity contribution in [3.63, 3.8) is 0 Å². The van der Waals surface area contributed by atoms with Crippen molar-refractivity contribution in [2.75, 3.05) is 26.1 Å². The first-order chi connectivity index (χ1) is 9.58. The molecule has 5 nitrogen and oxygen atoms in total. The van der Waals surface area contributed by atoms with Crippen molar-refractivity contribution in [3.05, 3.63) is 27.5 Å². The predicted octanol–water partition coefficient (Wildman–Crippen LogP) is 1.98. The minimum atomic E-state index is -0.444. The van der Waals surface area contributed by atoms with Gasteiger partial charge in [-0.05, 0) is 12.1 Å². The number of aliphatic hydroxyl groups excluding tert-OH is 1.